The molecule has 0 bridgehead atoms. The predicted molar refractivity (Wildman–Crippen MR) is 88.1 cm³/mol. The van der Waals surface area contributed by atoms with Crippen molar-refractivity contribution in [1.29, 1.82) is 0 Å². The third-order valence-corrected chi connectivity index (χ3v) is 2.22. The van der Waals surface area contributed by atoms with Gasteiger partial charge in [0, 0.05) is 0 Å². The number of hydrogen-bond donors (Lipinski definition) is 0. The van der Waals surface area contributed by atoms with E-state index >= 15 is 0 Å². The molecule has 2 heteroatoms. The van der Waals surface area contributed by atoms with Gasteiger partial charge in [0.1, 0.15) is 0 Å². The van der Waals surface area contributed by atoms with Gasteiger partial charge in [-0.15, -0.1) is 0 Å². The average Bonchev–Trinajstić information content (AvgIpc) is 3.40. The van der Waals surface area contributed by atoms with Gasteiger partial charge in [0.25, 0.3) is 0 Å². The smallest absolute Gasteiger partial charge is 0.214 e. The van der Waals surface area contributed by atoms with Crippen molar-refractivity contribution in [2.75, 3.05) is 0 Å². The van der Waals surface area contributed by atoms with Gasteiger partial charge in [-0.25, -0.2) is 48.5 Å². The minimum atomic E-state index is 0. The molecular formula is C20H20Ni2. The molecule has 0 aromatic heterocycles. The summed E-state index contributed by atoms with van der Waals surface area (Å²) in [5, 5.41) is 0. The first-order valence-electron chi connectivity index (χ1n) is 6.67. The van der Waals surface area contributed by atoms with Crippen LogP contribution in [-0.2, 0) is 33.0 Å². The Labute approximate surface area is 154 Å². The summed E-state index contributed by atoms with van der Waals surface area (Å²) < 4.78 is 0. The maximum absolute atomic E-state index is 2.00. The van der Waals surface area contributed by atoms with Crippen LogP contribution in [0.25, 0.3) is 0 Å². The summed E-state index contributed by atoms with van der Waals surface area (Å²) in [6.07, 6.45) is 0. The van der Waals surface area contributed by atoms with Crippen molar-refractivity contribution in [1.82, 2.24) is 0 Å². The van der Waals surface area contributed by atoms with Gasteiger partial charge in [-0.3, -0.25) is 0 Å². The van der Waals surface area contributed by atoms with Crippen LogP contribution in [0.15, 0.2) is 121 Å². The molecule has 0 N–H and O–H groups in total. The van der Waals surface area contributed by atoms with Gasteiger partial charge in [-0.2, -0.15) is 72.8 Å². The van der Waals surface area contributed by atoms with Crippen LogP contribution in [-0.4, -0.2) is 0 Å². The molecule has 0 fully saturated rings. The Morgan fingerprint density at radius 1 is 0.273 bits per heavy atom. The summed E-state index contributed by atoms with van der Waals surface area (Å²) in [6.45, 7) is 0. The van der Waals surface area contributed by atoms with Crippen LogP contribution in [0.4, 0.5) is 0 Å². The second kappa shape index (κ2) is 19.4. The molecule has 120 valence electrons. The molecule has 0 atom stereocenters. The van der Waals surface area contributed by atoms with E-state index in [0.717, 1.165) is 0 Å². The minimum Gasteiger partial charge on any atom is -0.214 e. The van der Waals surface area contributed by atoms with Gasteiger partial charge >= 0.3 is 33.0 Å². The molecule has 0 aliphatic carbocycles. The van der Waals surface area contributed by atoms with Gasteiger partial charge in [-0.05, 0) is 0 Å². The number of rotatable bonds is 0. The molecule has 0 saturated carbocycles. The quantitative estimate of drug-likeness (QED) is 0.276. The first-order chi connectivity index (χ1) is 10.0. The summed E-state index contributed by atoms with van der Waals surface area (Å²) in [7, 11) is 0. The summed E-state index contributed by atoms with van der Waals surface area (Å²) >= 11 is 0. The zero-order valence-corrected chi connectivity index (χ0v) is 14.2. The van der Waals surface area contributed by atoms with Crippen molar-refractivity contribution in [3.63, 3.8) is 0 Å². The largest absolute Gasteiger partial charge is 2.00 e. The van der Waals surface area contributed by atoms with E-state index in [0.29, 0.717) is 0 Å². The Morgan fingerprint density at radius 3 is 0.455 bits per heavy atom. The Morgan fingerprint density at radius 2 is 0.409 bits per heavy atom. The first-order valence-corrected chi connectivity index (χ1v) is 6.67. The van der Waals surface area contributed by atoms with Crippen LogP contribution in [0.5, 0.6) is 0 Å². The van der Waals surface area contributed by atoms with E-state index in [1.807, 2.05) is 121 Å². The Kier molecular flexibility index (Phi) is 20.0. The van der Waals surface area contributed by atoms with E-state index < -0.39 is 0 Å². The third kappa shape index (κ3) is 16.4. The summed E-state index contributed by atoms with van der Waals surface area (Å²) in [6, 6.07) is 40.0. The molecule has 0 aliphatic heterocycles. The van der Waals surface area contributed by atoms with E-state index in [1.165, 1.54) is 0 Å². The third-order valence-electron chi connectivity index (χ3n) is 2.22. The van der Waals surface area contributed by atoms with Gasteiger partial charge in [-0.1, -0.05) is 0 Å². The predicted octanol–water partition coefficient (Wildman–Crippen LogP) is 5.62. The molecule has 4 aromatic rings. The second-order valence-corrected chi connectivity index (χ2v) is 3.85. The normalized spacial score (nSPS) is 7.27. The summed E-state index contributed by atoms with van der Waals surface area (Å²) in [5.74, 6) is 0. The van der Waals surface area contributed by atoms with Crippen LogP contribution in [0.2, 0.25) is 0 Å². The fourth-order valence-electron chi connectivity index (χ4n) is 1.28. The van der Waals surface area contributed by atoms with Gasteiger partial charge in [0.2, 0.25) is 0 Å². The molecular weight excluding hydrogens is 358 g/mol. The average molecular weight is 378 g/mol. The molecule has 0 amide bonds. The molecule has 0 saturated heterocycles. The molecule has 0 spiro atoms. The molecule has 4 aromatic carbocycles. The zero-order valence-electron chi connectivity index (χ0n) is 12.2. The van der Waals surface area contributed by atoms with Crippen molar-refractivity contribution in [3.8, 4) is 0 Å². The van der Waals surface area contributed by atoms with E-state index in [-0.39, 0.29) is 33.0 Å². The van der Waals surface area contributed by atoms with Crippen molar-refractivity contribution < 1.29 is 33.0 Å². The van der Waals surface area contributed by atoms with E-state index in [2.05, 4.69) is 0 Å². The number of hydrogen-bond acceptors (Lipinski definition) is 0. The van der Waals surface area contributed by atoms with Crippen LogP contribution < -0.4 is 0 Å². The van der Waals surface area contributed by atoms with Crippen LogP contribution in [0, 0.1) is 0 Å². The minimum absolute atomic E-state index is 0. The monoisotopic (exact) mass is 376 g/mol. The van der Waals surface area contributed by atoms with Gasteiger partial charge in [0.05, 0.1) is 0 Å². The van der Waals surface area contributed by atoms with Gasteiger partial charge in [0.15, 0.2) is 0 Å². The van der Waals surface area contributed by atoms with E-state index in [4.69, 9.17) is 0 Å². The van der Waals surface area contributed by atoms with Crippen LogP contribution >= 0.6 is 0 Å². The molecule has 0 unspecified atom stereocenters. The first kappa shape index (κ1) is 22.7. The molecule has 0 radical (unpaired) electrons. The SMILES string of the molecule is [Ni+2].[Ni+2].c1cc[cH-]c1.c1cc[cH-]c1.c1cc[cH-]c1.c1cc[cH-]c1. The van der Waals surface area contributed by atoms with Crippen molar-refractivity contribution in [2.24, 2.45) is 0 Å². The molecule has 22 heavy (non-hydrogen) atoms. The topological polar surface area (TPSA) is 0 Å². The zero-order chi connectivity index (χ0) is 14.1. The van der Waals surface area contributed by atoms with Crippen molar-refractivity contribution in [3.05, 3.63) is 121 Å². The Balaban J connectivity index is 0. The van der Waals surface area contributed by atoms with Gasteiger partial charge < -0.3 is 0 Å². The fraction of sp³-hybridized carbons (Fsp3) is 0. The van der Waals surface area contributed by atoms with Crippen LogP contribution in [0.3, 0.4) is 0 Å². The second-order valence-electron chi connectivity index (χ2n) is 3.85. The van der Waals surface area contributed by atoms with Crippen LogP contribution in [0.1, 0.15) is 0 Å². The standard InChI is InChI=1S/4C5H5.2Ni/c4*1-2-4-5-3-1;;/h4*1-5H;;/q4*-1;2*+2. The van der Waals surface area contributed by atoms with E-state index in [1.54, 1.807) is 0 Å². The Hall–Kier alpha value is -1.61. The fourth-order valence-corrected chi connectivity index (χ4v) is 1.28. The maximum atomic E-state index is 2.00. The molecule has 0 aliphatic rings. The maximum Gasteiger partial charge on any atom is 2.00 e. The Bertz CT molecular complexity index is 341. The van der Waals surface area contributed by atoms with Crippen molar-refractivity contribution in [2.45, 2.75) is 0 Å². The molecule has 4 rings (SSSR count). The molecule has 0 heterocycles. The van der Waals surface area contributed by atoms with E-state index in [9.17, 15) is 0 Å². The van der Waals surface area contributed by atoms with Crippen molar-refractivity contribution >= 4 is 0 Å². The summed E-state index contributed by atoms with van der Waals surface area (Å²) in [4.78, 5) is 0. The summed E-state index contributed by atoms with van der Waals surface area (Å²) in [5.41, 5.74) is 0. The molecule has 0 nitrogen and oxygen atoms in total.